The molecule has 2 aromatic heterocycles. The molecule has 4 aromatic carbocycles. The van der Waals surface area contributed by atoms with Crippen LogP contribution in [0.4, 0.5) is 17.1 Å². The van der Waals surface area contributed by atoms with E-state index in [2.05, 4.69) is 88.4 Å². The highest BCUT2D eigenvalue weighted by Gasteiger charge is 2.52. The van der Waals surface area contributed by atoms with Gasteiger partial charge >= 0.3 is 6.85 Å². The van der Waals surface area contributed by atoms with Crippen LogP contribution < -0.4 is 21.6 Å². The van der Waals surface area contributed by atoms with Crippen LogP contribution in [0.1, 0.15) is 99.2 Å². The molecule has 8 aliphatic carbocycles. The molecule has 8 bridgehead atoms. The molecule has 4 heterocycles. The van der Waals surface area contributed by atoms with Gasteiger partial charge in [0.1, 0.15) is 11.2 Å². The minimum atomic E-state index is -0.317. The average Bonchev–Trinajstić information content (AvgIpc) is 3.75. The fraction of sp³-hybridized carbons (Fsp3) is 0.413. The van der Waals surface area contributed by atoms with Gasteiger partial charge in [0.05, 0.1) is 22.3 Å². The van der Waals surface area contributed by atoms with Crippen molar-refractivity contribution < 1.29 is 4.42 Å². The Labute approximate surface area is 303 Å². The van der Waals surface area contributed by atoms with Crippen LogP contribution >= 0.6 is 0 Å². The number of anilines is 3. The largest absolute Gasteiger partial charge is 0.466 e. The first-order valence-electron chi connectivity index (χ1n) is 20.4. The summed E-state index contributed by atoms with van der Waals surface area (Å²) in [5, 5.41) is 1.97. The molecule has 5 nitrogen and oxygen atoms in total. The summed E-state index contributed by atoms with van der Waals surface area (Å²) in [6, 6.07) is 29.6. The van der Waals surface area contributed by atoms with Crippen LogP contribution in [0.25, 0.3) is 27.6 Å². The summed E-state index contributed by atoms with van der Waals surface area (Å²) in [5.41, 5.74) is 13.5. The molecule has 0 amide bonds. The van der Waals surface area contributed by atoms with Gasteiger partial charge in [0.25, 0.3) is 5.56 Å². The maximum absolute atomic E-state index is 14.9. The fourth-order valence-corrected chi connectivity index (χ4v) is 14.7. The van der Waals surface area contributed by atoms with Crippen LogP contribution in [-0.4, -0.2) is 16.1 Å². The topological polar surface area (TPSA) is 43.3 Å². The second-order valence-electron chi connectivity index (χ2n) is 18.8. The third-order valence-electron chi connectivity index (χ3n) is 16.0. The lowest BCUT2D eigenvalue weighted by Crippen LogP contribution is -2.54. The van der Waals surface area contributed by atoms with Crippen molar-refractivity contribution in [2.24, 2.45) is 29.6 Å². The van der Waals surface area contributed by atoms with Gasteiger partial charge in [-0.25, -0.2) is 0 Å². The van der Waals surface area contributed by atoms with Gasteiger partial charge in [0, 0.05) is 22.2 Å². The molecule has 256 valence electrons. The second kappa shape index (κ2) is 9.37. The van der Waals surface area contributed by atoms with E-state index in [0.29, 0.717) is 17.3 Å². The summed E-state index contributed by atoms with van der Waals surface area (Å²) in [7, 11) is 0. The molecule has 6 saturated carbocycles. The van der Waals surface area contributed by atoms with E-state index in [0.717, 1.165) is 79.9 Å². The lowest BCUT2D eigenvalue weighted by atomic mass is 9.48. The SMILES string of the molecule is O=c1c2cc3c(cc2n2n1B1c4oc5ccccc5c4N(c4ccc(C56CC7CC(CC(C7)C5)C6)cc4)c4cccc-2c41)C1CC2CC(CC3C2)C1. The van der Waals surface area contributed by atoms with Crippen LogP contribution in [0, 0.1) is 29.6 Å². The molecule has 2 unspecified atom stereocenters. The summed E-state index contributed by atoms with van der Waals surface area (Å²) >= 11 is 0. The molecule has 0 saturated heterocycles. The van der Waals surface area contributed by atoms with Gasteiger partial charge < -0.3 is 9.32 Å². The Balaban J connectivity index is 0.973. The number of hydrogen-bond acceptors (Lipinski definition) is 3. The highest BCUT2D eigenvalue weighted by atomic mass is 16.3. The van der Waals surface area contributed by atoms with Gasteiger partial charge in [-0.1, -0.05) is 30.3 Å². The molecule has 2 atom stereocenters. The van der Waals surface area contributed by atoms with Gasteiger partial charge in [0.15, 0.2) is 0 Å². The van der Waals surface area contributed by atoms with Crippen molar-refractivity contribution in [2.75, 3.05) is 4.90 Å². The highest BCUT2D eigenvalue weighted by molar-refractivity contribution is 6.88. The molecule has 6 heteroatoms. The van der Waals surface area contributed by atoms with Crippen LogP contribution in [-0.2, 0) is 5.41 Å². The number of fused-ring (bicyclic) bond motifs is 9. The van der Waals surface area contributed by atoms with Crippen LogP contribution in [0.2, 0.25) is 0 Å². The zero-order valence-corrected chi connectivity index (χ0v) is 29.6. The third kappa shape index (κ3) is 3.38. The minimum absolute atomic E-state index is 0.105. The number of hydrogen-bond donors (Lipinski definition) is 0. The number of furan rings is 1. The highest BCUT2D eigenvalue weighted by Crippen LogP contribution is 2.61. The van der Waals surface area contributed by atoms with Gasteiger partial charge in [-0.15, -0.1) is 0 Å². The molecular weight excluding hydrogens is 637 g/mol. The van der Waals surface area contributed by atoms with Crippen molar-refractivity contribution in [3.8, 4) is 5.69 Å². The molecule has 10 aliphatic rings. The first-order chi connectivity index (χ1) is 25.6. The average molecular weight is 680 g/mol. The summed E-state index contributed by atoms with van der Waals surface area (Å²) in [6.45, 7) is -0.317. The van der Waals surface area contributed by atoms with Crippen molar-refractivity contribution in [2.45, 2.75) is 87.9 Å². The van der Waals surface area contributed by atoms with E-state index in [1.165, 1.54) is 87.2 Å². The van der Waals surface area contributed by atoms with Crippen LogP contribution in [0.5, 0.6) is 0 Å². The van der Waals surface area contributed by atoms with E-state index in [4.69, 9.17) is 4.42 Å². The monoisotopic (exact) mass is 679 g/mol. The first-order valence-corrected chi connectivity index (χ1v) is 20.4. The predicted octanol–water partition coefficient (Wildman–Crippen LogP) is 9.15. The maximum atomic E-state index is 14.9. The third-order valence-corrected chi connectivity index (χ3v) is 16.0. The van der Waals surface area contributed by atoms with Crippen molar-refractivity contribution >= 4 is 56.9 Å². The van der Waals surface area contributed by atoms with E-state index in [-0.39, 0.29) is 12.4 Å². The first kappa shape index (κ1) is 28.1. The number of aromatic nitrogens is 2. The van der Waals surface area contributed by atoms with Crippen molar-refractivity contribution in [1.82, 2.24) is 9.27 Å². The molecule has 0 radical (unpaired) electrons. The second-order valence-corrected chi connectivity index (χ2v) is 18.8. The summed E-state index contributed by atoms with van der Waals surface area (Å²) < 4.78 is 11.2. The zero-order valence-electron chi connectivity index (χ0n) is 29.6. The molecule has 6 aromatic rings. The van der Waals surface area contributed by atoms with Gasteiger partial charge in [-0.2, -0.15) is 0 Å². The number of nitrogens with zero attached hydrogens (tertiary/aromatic N) is 3. The van der Waals surface area contributed by atoms with Gasteiger partial charge in [0.2, 0.25) is 0 Å². The molecule has 0 N–H and O–H groups in total. The number of rotatable bonds is 2. The molecule has 0 spiro atoms. The van der Waals surface area contributed by atoms with Crippen molar-refractivity contribution in [3.05, 3.63) is 106 Å². The molecular formula is C46H42BN3O2. The Morgan fingerprint density at radius 3 is 2.04 bits per heavy atom. The van der Waals surface area contributed by atoms with E-state index >= 15 is 0 Å². The molecule has 2 aliphatic heterocycles. The Hall–Kier alpha value is -4.45. The lowest BCUT2D eigenvalue weighted by Gasteiger charge is -2.57. The summed E-state index contributed by atoms with van der Waals surface area (Å²) in [4.78, 5) is 17.3. The standard InChI is InChI=1S/C46H42BN3O2/c51-45-37-20-35-30-16-25-12-26(17-30)19-31(18-25)36(35)21-40(37)49-39-6-3-5-38-42(39)47(50(45)49)44-43(34-4-1-2-7-41(34)52-44)48(38)33-10-8-32(9-11-33)46-22-27-13-28(23-46)15-29(14-27)24-46/h1-11,20-21,25-31H,12-19,22-24H2. The predicted molar refractivity (Wildman–Crippen MR) is 208 cm³/mol. The van der Waals surface area contributed by atoms with Crippen LogP contribution in [0.3, 0.4) is 0 Å². The smallest absolute Gasteiger partial charge is 0.398 e. The van der Waals surface area contributed by atoms with Crippen LogP contribution in [0.15, 0.2) is 88.1 Å². The molecule has 16 rings (SSSR count). The Bertz CT molecular complexity index is 2580. The quantitative estimate of drug-likeness (QED) is 0.171. The van der Waals surface area contributed by atoms with Gasteiger partial charge in [-0.3, -0.25) is 14.1 Å². The number of benzene rings is 4. The Morgan fingerprint density at radius 1 is 0.654 bits per heavy atom. The summed E-state index contributed by atoms with van der Waals surface area (Å²) in [5.74, 6) is 5.71. The molecule has 6 fully saturated rings. The lowest BCUT2D eigenvalue weighted by molar-refractivity contribution is -0.00518. The summed E-state index contributed by atoms with van der Waals surface area (Å²) in [6.07, 6.45) is 15.2. The minimum Gasteiger partial charge on any atom is -0.466 e. The maximum Gasteiger partial charge on any atom is 0.398 e. The number of para-hydroxylation sites is 1. The van der Waals surface area contributed by atoms with Crippen molar-refractivity contribution in [1.29, 1.82) is 0 Å². The van der Waals surface area contributed by atoms with E-state index < -0.39 is 0 Å². The fourth-order valence-electron chi connectivity index (χ4n) is 14.7. The van der Waals surface area contributed by atoms with E-state index in [9.17, 15) is 4.79 Å². The molecule has 52 heavy (non-hydrogen) atoms. The van der Waals surface area contributed by atoms with E-state index in [1.807, 2.05) is 4.59 Å². The normalized spacial score (nSPS) is 32.4. The van der Waals surface area contributed by atoms with Crippen molar-refractivity contribution in [3.63, 3.8) is 0 Å². The van der Waals surface area contributed by atoms with E-state index in [1.54, 1.807) is 5.56 Å². The zero-order chi connectivity index (χ0) is 33.6. The van der Waals surface area contributed by atoms with Gasteiger partial charge in [-0.05, 0) is 183 Å². The Morgan fingerprint density at radius 2 is 1.31 bits per heavy atom. The Kier molecular flexibility index (Phi) is 5.06.